The van der Waals surface area contributed by atoms with E-state index in [0.29, 0.717) is 0 Å². The standard InChI is InChI=1S/C26H23N3O2/c1-16-6-8-17(9-7-16)14-28-15-20(21-4-2-3-5-22(21)28)13-27-29-25(30)23-18-10-11-19(12-18)24(23)26(29)31/h2-11,13,15,18-19,23-24H,12,14H2,1H3/b27-13-/t18-,19-,23+,24+/m0/s1. The van der Waals surface area contributed by atoms with Crippen LogP contribution in [0.2, 0.25) is 0 Å². The SMILES string of the molecule is Cc1ccc(Cn2cc(/C=N\N3C(=O)[C@H]4[C@H](C3=O)[C@H]3C=C[C@H]4C3)c3ccccc32)cc1. The van der Waals surface area contributed by atoms with Crippen LogP contribution in [0.3, 0.4) is 0 Å². The number of carbonyl (C=O) groups is 2. The number of aromatic nitrogens is 1. The number of rotatable bonds is 4. The lowest BCUT2D eigenvalue weighted by atomic mass is 9.85. The first-order valence-corrected chi connectivity index (χ1v) is 10.8. The molecule has 1 aromatic heterocycles. The Morgan fingerprint density at radius 3 is 2.35 bits per heavy atom. The Kier molecular flexibility index (Phi) is 4.00. The molecule has 5 heteroatoms. The number of amides is 2. The van der Waals surface area contributed by atoms with Gasteiger partial charge in [-0.25, -0.2) is 0 Å². The molecule has 2 amide bonds. The Bertz CT molecular complexity index is 1240. The zero-order valence-corrected chi connectivity index (χ0v) is 17.3. The van der Waals surface area contributed by atoms with Gasteiger partial charge in [-0.05, 0) is 36.8 Å². The fourth-order valence-electron chi connectivity index (χ4n) is 5.52. The van der Waals surface area contributed by atoms with Crippen LogP contribution < -0.4 is 0 Å². The van der Waals surface area contributed by atoms with Crippen molar-refractivity contribution >= 4 is 28.9 Å². The molecule has 2 aliphatic carbocycles. The first-order chi connectivity index (χ1) is 15.1. The van der Waals surface area contributed by atoms with Crippen molar-refractivity contribution in [3.63, 3.8) is 0 Å². The third-order valence-corrected chi connectivity index (χ3v) is 7.05. The van der Waals surface area contributed by atoms with Crippen molar-refractivity contribution in [2.75, 3.05) is 0 Å². The number of carbonyl (C=O) groups excluding carboxylic acids is 2. The number of para-hydroxylation sites is 1. The summed E-state index contributed by atoms with van der Waals surface area (Å²) in [5.41, 5.74) is 4.46. The van der Waals surface area contributed by atoms with E-state index < -0.39 is 0 Å². The Balaban J connectivity index is 1.31. The van der Waals surface area contributed by atoms with Gasteiger partial charge in [0.1, 0.15) is 0 Å². The van der Waals surface area contributed by atoms with E-state index >= 15 is 0 Å². The van der Waals surface area contributed by atoms with E-state index in [0.717, 1.165) is 34.4 Å². The molecule has 31 heavy (non-hydrogen) atoms. The number of imide groups is 1. The van der Waals surface area contributed by atoms with Crippen molar-refractivity contribution in [1.82, 2.24) is 9.58 Å². The normalized spacial score (nSPS) is 26.7. The van der Waals surface area contributed by atoms with Crippen LogP contribution in [0.5, 0.6) is 0 Å². The number of hydrogen-bond donors (Lipinski definition) is 0. The number of hydrogen-bond acceptors (Lipinski definition) is 3. The second kappa shape index (κ2) is 6.77. The molecule has 1 aliphatic heterocycles. The number of nitrogens with zero attached hydrogens (tertiary/aromatic N) is 3. The Morgan fingerprint density at radius 1 is 0.968 bits per heavy atom. The molecular formula is C26H23N3O2. The maximum absolute atomic E-state index is 12.9. The predicted octanol–water partition coefficient (Wildman–Crippen LogP) is 4.14. The van der Waals surface area contributed by atoms with Gasteiger partial charge in [-0.1, -0.05) is 60.2 Å². The van der Waals surface area contributed by atoms with Crippen LogP contribution in [-0.2, 0) is 16.1 Å². The topological polar surface area (TPSA) is 54.7 Å². The number of allylic oxidation sites excluding steroid dienone is 2. The molecule has 0 radical (unpaired) electrons. The summed E-state index contributed by atoms with van der Waals surface area (Å²) in [5, 5.41) is 6.56. The summed E-state index contributed by atoms with van der Waals surface area (Å²) in [6.45, 7) is 2.83. The number of hydrazone groups is 1. The summed E-state index contributed by atoms with van der Waals surface area (Å²) < 4.78 is 2.19. The third kappa shape index (κ3) is 2.80. The second-order valence-electron chi connectivity index (χ2n) is 8.95. The molecule has 2 bridgehead atoms. The van der Waals surface area contributed by atoms with Gasteiger partial charge in [0.25, 0.3) is 11.8 Å². The molecule has 0 spiro atoms. The maximum atomic E-state index is 12.9. The average molecular weight is 409 g/mol. The van der Waals surface area contributed by atoms with Crippen molar-refractivity contribution in [2.45, 2.75) is 19.9 Å². The van der Waals surface area contributed by atoms with Crippen molar-refractivity contribution in [1.29, 1.82) is 0 Å². The zero-order valence-electron chi connectivity index (χ0n) is 17.3. The fourth-order valence-corrected chi connectivity index (χ4v) is 5.52. The van der Waals surface area contributed by atoms with Crippen LogP contribution in [0.25, 0.3) is 10.9 Å². The van der Waals surface area contributed by atoms with Gasteiger partial charge in [-0.2, -0.15) is 10.1 Å². The van der Waals surface area contributed by atoms with E-state index in [2.05, 4.69) is 65.1 Å². The maximum Gasteiger partial charge on any atom is 0.254 e. The molecule has 2 heterocycles. The molecule has 2 fully saturated rings. The zero-order chi connectivity index (χ0) is 21.1. The molecule has 1 saturated heterocycles. The lowest BCUT2D eigenvalue weighted by Crippen LogP contribution is -2.28. The highest BCUT2D eigenvalue weighted by molar-refractivity contribution is 6.07. The van der Waals surface area contributed by atoms with Crippen LogP contribution in [0.4, 0.5) is 0 Å². The quantitative estimate of drug-likeness (QED) is 0.369. The Labute approximate surface area is 180 Å². The molecule has 0 N–H and O–H groups in total. The molecule has 154 valence electrons. The summed E-state index contributed by atoms with van der Waals surface area (Å²) in [7, 11) is 0. The summed E-state index contributed by atoms with van der Waals surface area (Å²) in [6, 6.07) is 16.7. The molecule has 5 nitrogen and oxygen atoms in total. The average Bonchev–Trinajstić information content (AvgIpc) is 3.53. The highest BCUT2D eigenvalue weighted by Gasteiger charge is 2.59. The first-order valence-electron chi connectivity index (χ1n) is 10.8. The summed E-state index contributed by atoms with van der Waals surface area (Å²) in [4.78, 5) is 25.8. The summed E-state index contributed by atoms with van der Waals surface area (Å²) in [6.07, 6.45) is 8.84. The smallest absolute Gasteiger partial charge is 0.254 e. The number of aryl methyl sites for hydroxylation is 1. The highest BCUT2D eigenvalue weighted by Crippen LogP contribution is 2.52. The van der Waals surface area contributed by atoms with Crippen molar-refractivity contribution in [2.24, 2.45) is 28.8 Å². The van der Waals surface area contributed by atoms with E-state index in [1.165, 1.54) is 11.1 Å². The Morgan fingerprint density at radius 2 is 1.65 bits per heavy atom. The lowest BCUT2D eigenvalue weighted by Gasteiger charge is -2.13. The third-order valence-electron chi connectivity index (χ3n) is 7.05. The minimum atomic E-state index is -0.220. The molecule has 4 atom stereocenters. The van der Waals surface area contributed by atoms with Crippen molar-refractivity contribution in [3.8, 4) is 0 Å². The van der Waals surface area contributed by atoms with Gasteiger partial charge in [0.05, 0.1) is 18.1 Å². The van der Waals surface area contributed by atoms with E-state index in [1.54, 1.807) is 6.21 Å². The molecule has 1 saturated carbocycles. The van der Waals surface area contributed by atoms with Gasteiger partial charge in [0.2, 0.25) is 0 Å². The number of benzene rings is 2. The van der Waals surface area contributed by atoms with Crippen LogP contribution in [0, 0.1) is 30.6 Å². The van der Waals surface area contributed by atoms with Crippen LogP contribution >= 0.6 is 0 Å². The van der Waals surface area contributed by atoms with E-state index in [4.69, 9.17) is 0 Å². The number of fused-ring (bicyclic) bond motifs is 6. The Hall–Kier alpha value is -3.47. The van der Waals surface area contributed by atoms with Gasteiger partial charge < -0.3 is 4.57 Å². The first kappa shape index (κ1) is 18.3. The minimum absolute atomic E-state index is 0.147. The monoisotopic (exact) mass is 409 g/mol. The largest absolute Gasteiger partial charge is 0.342 e. The van der Waals surface area contributed by atoms with Gasteiger partial charge in [0.15, 0.2) is 0 Å². The second-order valence-corrected chi connectivity index (χ2v) is 8.95. The van der Waals surface area contributed by atoms with Crippen LogP contribution in [0.1, 0.15) is 23.1 Å². The van der Waals surface area contributed by atoms with E-state index in [1.807, 2.05) is 18.3 Å². The molecule has 2 aromatic carbocycles. The van der Waals surface area contributed by atoms with Gasteiger partial charge >= 0.3 is 0 Å². The predicted molar refractivity (Wildman–Crippen MR) is 119 cm³/mol. The fraction of sp³-hybridized carbons (Fsp3) is 0.269. The molecule has 3 aliphatic rings. The van der Waals surface area contributed by atoms with E-state index in [9.17, 15) is 9.59 Å². The van der Waals surface area contributed by atoms with Crippen LogP contribution in [0.15, 0.2) is 72.0 Å². The van der Waals surface area contributed by atoms with Gasteiger partial charge in [-0.3, -0.25) is 9.59 Å². The van der Waals surface area contributed by atoms with Gasteiger partial charge in [0, 0.05) is 29.2 Å². The minimum Gasteiger partial charge on any atom is -0.342 e. The molecule has 3 aromatic rings. The molecular weight excluding hydrogens is 386 g/mol. The molecule has 6 rings (SSSR count). The van der Waals surface area contributed by atoms with Crippen molar-refractivity contribution < 1.29 is 9.59 Å². The summed E-state index contributed by atoms with van der Waals surface area (Å²) >= 11 is 0. The lowest BCUT2D eigenvalue weighted by molar-refractivity contribution is -0.140. The van der Waals surface area contributed by atoms with Crippen molar-refractivity contribution in [3.05, 3.63) is 83.6 Å². The van der Waals surface area contributed by atoms with E-state index in [-0.39, 0.29) is 35.5 Å². The van der Waals surface area contributed by atoms with Gasteiger partial charge in [-0.15, -0.1) is 0 Å². The summed E-state index contributed by atoms with van der Waals surface area (Å²) in [5.74, 6) is -0.339. The molecule has 0 unspecified atom stereocenters. The van der Waals surface area contributed by atoms with Crippen LogP contribution in [-0.4, -0.2) is 27.6 Å². The highest BCUT2D eigenvalue weighted by atomic mass is 16.2.